The van der Waals surface area contributed by atoms with Crippen molar-refractivity contribution in [3.63, 3.8) is 0 Å². The fourth-order valence-corrected chi connectivity index (χ4v) is 12.7. The summed E-state index contributed by atoms with van der Waals surface area (Å²) in [6, 6.07) is -0.551. The van der Waals surface area contributed by atoms with Gasteiger partial charge in [-0.15, -0.1) is 23.5 Å². The van der Waals surface area contributed by atoms with Crippen molar-refractivity contribution in [1.29, 1.82) is 0 Å². The first kappa shape index (κ1) is 73.3. The van der Waals surface area contributed by atoms with Gasteiger partial charge in [0.15, 0.2) is 5.72 Å². The summed E-state index contributed by atoms with van der Waals surface area (Å²) >= 11 is 9.50. The molecular formula is C60H87ClN8O18S2. The van der Waals surface area contributed by atoms with E-state index in [0.717, 1.165) is 16.0 Å². The molecule has 7 N–H and O–H groups in total. The van der Waals surface area contributed by atoms with Gasteiger partial charge in [-0.1, -0.05) is 48.7 Å². The second-order valence-electron chi connectivity index (χ2n) is 23.1. The predicted octanol–water partition coefficient (Wildman–Crippen LogP) is 3.90. The number of rotatable bonds is 28. The quantitative estimate of drug-likeness (QED) is 0.0206. The molecule has 0 radical (unpaired) electrons. The van der Waals surface area contributed by atoms with E-state index in [1.165, 1.54) is 82.3 Å². The average molecular weight is 1310 g/mol. The summed E-state index contributed by atoms with van der Waals surface area (Å²) in [7, 11) is 5.91. The molecule has 4 aliphatic heterocycles. The lowest BCUT2D eigenvalue weighted by Gasteiger charge is -2.42. The lowest BCUT2D eigenvalue weighted by molar-refractivity contribution is -0.162. The Kier molecular flexibility index (Phi) is 27.6. The van der Waals surface area contributed by atoms with Crippen LogP contribution < -0.4 is 36.2 Å². The molecule has 9 amide bonds. The molecule has 4 heterocycles. The largest absolute Gasteiger partial charge is 0.495 e. The molecule has 4 bridgehead atoms. The number of nitrogens with zero attached hydrogens (tertiary/aromatic N) is 3. The van der Waals surface area contributed by atoms with Gasteiger partial charge in [0.1, 0.15) is 58.9 Å². The number of unbranched alkanes of at least 4 members (excludes halogenated alkanes) is 2. The van der Waals surface area contributed by atoms with Crippen molar-refractivity contribution < 1.29 is 86.6 Å². The third kappa shape index (κ3) is 20.5. The number of allylic oxidation sites excluding steroid dienone is 3. The van der Waals surface area contributed by atoms with Crippen LogP contribution in [0, 0.1) is 5.92 Å². The number of anilines is 1. The number of carbonyl (C=O) groups excluding carboxylic acids is 10. The molecule has 1 aromatic carbocycles. The number of esters is 1. The van der Waals surface area contributed by atoms with E-state index >= 15 is 0 Å². The molecule has 3 fully saturated rings. The van der Waals surface area contributed by atoms with Crippen molar-refractivity contribution in [2.24, 2.45) is 5.92 Å². The van der Waals surface area contributed by atoms with Gasteiger partial charge >= 0.3 is 18.0 Å². The molecule has 12 unspecified atom stereocenters. The molecule has 26 nitrogen and oxygen atoms in total. The first-order chi connectivity index (χ1) is 41.9. The molecule has 1 aromatic rings. The molecular weight excluding hydrogens is 1220 g/mol. The number of methoxy groups -OCH3 is 2. The number of alkyl carbamates (subject to hydrolysis) is 1. The van der Waals surface area contributed by atoms with Gasteiger partial charge < -0.3 is 65.0 Å². The van der Waals surface area contributed by atoms with Crippen LogP contribution >= 0.6 is 35.1 Å². The Balaban J connectivity index is 1.04. The lowest BCUT2D eigenvalue weighted by atomic mass is 9.83. The number of likely N-dealkylation sites (tertiary alicyclic amines) is 1. The van der Waals surface area contributed by atoms with Crippen molar-refractivity contribution in [2.75, 3.05) is 57.1 Å². The standard InChI is InChI=1S/C60H87ClN8O18S2/c1-33-18-15-19-44(84-11)60(82)31-42(85-58(81)66-60)34(2)52-59(7,87-52)45(30-48(72)68(9)40-27-39(26-33)28-41(83-10)51(40)61)86-57(80)38(6)67(8)47(71)21-13-12-14-24-88-32-62-53(76)35(3)64-55(78)37(5)65-54(77)36(4)63-46(70)20-17-25-89-43-29-49(73)69(56(43)79)23-16-22-50(74)75/h15,18-19,27-28,34-38,42-45,52,82H,12-14,16-17,20-26,29-32H2,1-11H3,(H,62,76)(H,63,70)(H,64,78)(H,65,77)(H,66,81)(H,74,75)/b19-15+,33-18+. The van der Waals surface area contributed by atoms with Crippen LogP contribution in [0.15, 0.2) is 35.9 Å². The third-order valence-electron chi connectivity index (χ3n) is 16.2. The van der Waals surface area contributed by atoms with Crippen molar-refractivity contribution in [2.45, 2.75) is 191 Å². The van der Waals surface area contributed by atoms with Crippen LogP contribution in [0.25, 0.3) is 0 Å². The fraction of sp³-hybridized carbons (Fsp3) is 0.650. The smallest absolute Gasteiger partial charge is 0.409 e. The summed E-state index contributed by atoms with van der Waals surface area (Å²) < 4.78 is 29.5. The number of likely N-dealkylation sites (N-methyl/N-ethyl adjacent to an activating group) is 1. The summed E-state index contributed by atoms with van der Waals surface area (Å²) in [4.78, 5) is 145. The SMILES string of the molecule is COc1cc2cc(c1Cl)N(C)C(=O)CC(OC(=O)C(C)N(C)C(=O)CCCCCSCNC(=O)C(C)NC(=O)C(C)NC(=O)C(C)NC(=O)CCCSC1CC(=O)N(CCCC(=O)O)C1=O)C1(C)OC1C(C)C1CC(O)(NC(=O)O1)C(OC)/C=C/C=C(\C)C2. The van der Waals surface area contributed by atoms with E-state index in [1.807, 2.05) is 13.0 Å². The molecule has 0 aromatic heterocycles. The number of aliphatic carboxylic acids is 1. The first-order valence-corrected chi connectivity index (χ1v) is 32.3. The van der Waals surface area contributed by atoms with E-state index in [4.69, 9.17) is 40.4 Å². The number of amides is 9. The number of halogens is 1. The predicted molar refractivity (Wildman–Crippen MR) is 331 cm³/mol. The fourth-order valence-electron chi connectivity index (χ4n) is 10.5. The van der Waals surface area contributed by atoms with E-state index in [9.17, 15) is 57.8 Å². The van der Waals surface area contributed by atoms with Gasteiger partial charge in [0.2, 0.25) is 47.3 Å². The number of carbonyl (C=O) groups is 11. The van der Waals surface area contributed by atoms with Crippen LogP contribution in [0.4, 0.5) is 10.5 Å². The Hall–Kier alpha value is -6.46. The second-order valence-corrected chi connectivity index (χ2v) is 25.9. The Labute approximate surface area is 532 Å². The number of aliphatic hydroxyl groups is 1. The highest BCUT2D eigenvalue weighted by atomic mass is 35.5. The number of carboxylic acid groups (broad SMARTS) is 1. The Morgan fingerprint density at radius 3 is 2.22 bits per heavy atom. The average Bonchev–Trinajstić information content (AvgIpc) is 1.60. The van der Waals surface area contributed by atoms with Gasteiger partial charge in [-0.2, -0.15) is 0 Å². The van der Waals surface area contributed by atoms with E-state index in [0.29, 0.717) is 55.0 Å². The molecule has 4 aliphatic rings. The van der Waals surface area contributed by atoms with E-state index in [2.05, 4.69) is 26.6 Å². The van der Waals surface area contributed by atoms with Crippen LogP contribution in [-0.4, -0.2) is 203 Å². The highest BCUT2D eigenvalue weighted by molar-refractivity contribution is 8.00. The molecule has 89 heavy (non-hydrogen) atoms. The van der Waals surface area contributed by atoms with Gasteiger partial charge in [-0.25, -0.2) is 9.59 Å². The zero-order valence-corrected chi connectivity index (χ0v) is 54.8. The summed E-state index contributed by atoms with van der Waals surface area (Å²) in [6.45, 7) is 11.3. The van der Waals surface area contributed by atoms with Crippen LogP contribution in [0.5, 0.6) is 5.75 Å². The molecule has 3 saturated heterocycles. The van der Waals surface area contributed by atoms with Gasteiger partial charge in [-0.3, -0.25) is 53.4 Å². The number of epoxide rings is 1. The Morgan fingerprint density at radius 1 is 0.888 bits per heavy atom. The molecule has 29 heteroatoms. The number of thioether (sulfide) groups is 2. The number of hydrogen-bond donors (Lipinski definition) is 7. The van der Waals surface area contributed by atoms with Crippen molar-refractivity contribution in [3.05, 3.63) is 46.5 Å². The Bertz CT molecular complexity index is 2850. The molecule has 0 aliphatic carbocycles. The summed E-state index contributed by atoms with van der Waals surface area (Å²) in [5.41, 5.74) is -1.18. The number of imide groups is 1. The minimum Gasteiger partial charge on any atom is -0.495 e. The Morgan fingerprint density at radius 2 is 1.56 bits per heavy atom. The zero-order chi connectivity index (χ0) is 66.1. The molecule has 12 atom stereocenters. The van der Waals surface area contributed by atoms with Gasteiger partial charge in [0.05, 0.1) is 36.4 Å². The molecule has 5 rings (SSSR count). The maximum atomic E-state index is 14.4. The van der Waals surface area contributed by atoms with Crippen LogP contribution in [-0.2, 0) is 73.3 Å². The second kappa shape index (κ2) is 33.6. The van der Waals surface area contributed by atoms with Crippen LogP contribution in [0.1, 0.15) is 125 Å². The molecule has 494 valence electrons. The lowest BCUT2D eigenvalue weighted by Crippen LogP contribution is -2.63. The number of fused-ring (bicyclic) bond motifs is 5. The van der Waals surface area contributed by atoms with Crippen LogP contribution in [0.3, 0.4) is 0 Å². The topological polar surface area (TPSA) is 348 Å². The van der Waals surface area contributed by atoms with Crippen molar-refractivity contribution in [3.8, 4) is 5.75 Å². The third-order valence-corrected chi connectivity index (χ3v) is 18.8. The van der Waals surface area contributed by atoms with Crippen molar-refractivity contribution >= 4 is 106 Å². The number of benzene rings is 1. The van der Waals surface area contributed by atoms with Gasteiger partial charge in [-0.05, 0) is 103 Å². The monoisotopic (exact) mass is 1310 g/mol. The van der Waals surface area contributed by atoms with E-state index in [1.54, 1.807) is 45.2 Å². The van der Waals surface area contributed by atoms with E-state index < -0.39 is 119 Å². The zero-order valence-electron chi connectivity index (χ0n) is 52.4. The number of nitrogens with one attached hydrogen (secondary N) is 5. The molecule has 0 saturated carbocycles. The van der Waals surface area contributed by atoms with Crippen molar-refractivity contribution in [1.82, 2.24) is 36.4 Å². The van der Waals surface area contributed by atoms with Gasteiger partial charge in [0, 0.05) is 65.8 Å². The molecule has 0 spiro atoms. The van der Waals surface area contributed by atoms with Crippen LogP contribution in [0.2, 0.25) is 5.02 Å². The maximum Gasteiger partial charge on any atom is 0.409 e. The summed E-state index contributed by atoms with van der Waals surface area (Å²) in [5.74, 6) is -4.51. The minimum atomic E-state index is -1.89. The van der Waals surface area contributed by atoms with E-state index in [-0.39, 0.29) is 80.1 Å². The number of hydrogen-bond acceptors (Lipinski definition) is 19. The highest BCUT2D eigenvalue weighted by Gasteiger charge is 2.64. The maximum absolute atomic E-state index is 14.4. The highest BCUT2D eigenvalue weighted by Crippen LogP contribution is 2.49. The normalized spacial score (nSPS) is 25.9. The summed E-state index contributed by atoms with van der Waals surface area (Å²) in [6.07, 6.45) is 2.75. The summed E-state index contributed by atoms with van der Waals surface area (Å²) in [5, 5.41) is 33.2. The number of carboxylic acids is 1. The minimum absolute atomic E-state index is 0.00464. The first-order valence-electron chi connectivity index (χ1n) is 29.7. The van der Waals surface area contributed by atoms with Gasteiger partial charge in [0.25, 0.3) is 0 Å². The number of ether oxygens (including phenoxy) is 5.